The van der Waals surface area contributed by atoms with Crippen molar-refractivity contribution in [2.24, 2.45) is 0 Å². The van der Waals surface area contributed by atoms with Crippen LogP contribution in [0.1, 0.15) is 37.6 Å². The summed E-state index contributed by atoms with van der Waals surface area (Å²) in [6, 6.07) is 7.20. The second-order valence-electron chi connectivity index (χ2n) is 3.98. The topological polar surface area (TPSA) is 46.2 Å². The van der Waals surface area contributed by atoms with Crippen molar-refractivity contribution in [3.05, 3.63) is 29.8 Å². The van der Waals surface area contributed by atoms with Crippen molar-refractivity contribution in [2.75, 3.05) is 10.5 Å². The summed E-state index contributed by atoms with van der Waals surface area (Å²) in [5, 5.41) is -0.222. The summed E-state index contributed by atoms with van der Waals surface area (Å²) in [4.78, 5) is 0. The van der Waals surface area contributed by atoms with E-state index < -0.39 is 10.0 Å². The van der Waals surface area contributed by atoms with Crippen molar-refractivity contribution in [1.29, 1.82) is 0 Å². The molecule has 0 aromatic heterocycles. The van der Waals surface area contributed by atoms with E-state index >= 15 is 0 Å². The Bertz CT molecular complexity index is 457. The number of alkyl halides is 1. The number of anilines is 1. The van der Waals surface area contributed by atoms with Crippen molar-refractivity contribution in [1.82, 2.24) is 0 Å². The number of nitrogens with one attached hydrogen (secondary N) is 1. The average molecular weight is 276 g/mol. The van der Waals surface area contributed by atoms with Gasteiger partial charge in [0.05, 0.1) is 16.8 Å². The second-order valence-corrected chi connectivity index (χ2v) is 6.47. The van der Waals surface area contributed by atoms with Crippen LogP contribution in [-0.4, -0.2) is 14.2 Å². The zero-order chi connectivity index (χ0) is 12.9. The molecule has 96 valence electrons. The van der Waals surface area contributed by atoms with E-state index in [0.717, 1.165) is 12.0 Å². The maximum absolute atomic E-state index is 11.8. The molecule has 0 radical (unpaired) electrons. The Balaban J connectivity index is 2.88. The summed E-state index contributed by atoms with van der Waals surface area (Å²) in [6.45, 7) is 3.78. The number of hydrogen-bond donors (Lipinski definition) is 1. The van der Waals surface area contributed by atoms with E-state index in [4.69, 9.17) is 11.6 Å². The van der Waals surface area contributed by atoms with Gasteiger partial charge >= 0.3 is 0 Å². The molecule has 1 atom stereocenters. The molecule has 1 unspecified atom stereocenters. The Morgan fingerprint density at radius 1 is 1.35 bits per heavy atom. The Hall–Kier alpha value is -0.740. The molecule has 0 spiro atoms. The third-order valence-corrected chi connectivity index (χ3v) is 4.01. The quantitative estimate of drug-likeness (QED) is 0.808. The Morgan fingerprint density at radius 3 is 2.59 bits per heavy atom. The van der Waals surface area contributed by atoms with Gasteiger partial charge in [0.15, 0.2) is 0 Å². The summed E-state index contributed by atoms with van der Waals surface area (Å²) < 4.78 is 26.1. The van der Waals surface area contributed by atoms with Crippen molar-refractivity contribution in [2.45, 2.75) is 32.1 Å². The Kier molecular flexibility index (Phi) is 5.28. The summed E-state index contributed by atoms with van der Waals surface area (Å²) in [6.07, 6.45) is 1.52. The lowest BCUT2D eigenvalue weighted by Gasteiger charge is -2.13. The highest BCUT2D eigenvalue weighted by molar-refractivity contribution is 7.92. The highest BCUT2D eigenvalue weighted by atomic mass is 35.5. The van der Waals surface area contributed by atoms with Crippen LogP contribution in [0.4, 0.5) is 5.69 Å². The maximum atomic E-state index is 11.8. The molecule has 0 fully saturated rings. The molecule has 0 aliphatic heterocycles. The van der Waals surface area contributed by atoms with E-state index in [-0.39, 0.29) is 11.1 Å². The third-order valence-electron chi connectivity index (χ3n) is 2.42. The van der Waals surface area contributed by atoms with Crippen LogP contribution in [0.3, 0.4) is 0 Å². The average Bonchev–Trinajstić information content (AvgIpc) is 2.26. The predicted octanol–water partition coefficient (Wildman–Crippen LogP) is 3.53. The summed E-state index contributed by atoms with van der Waals surface area (Å²) >= 11 is 6.01. The van der Waals surface area contributed by atoms with Crippen LogP contribution in [0, 0.1) is 0 Å². The monoisotopic (exact) mass is 275 g/mol. The molecule has 0 saturated heterocycles. The van der Waals surface area contributed by atoms with Crippen LogP contribution in [0.25, 0.3) is 0 Å². The first-order valence-electron chi connectivity index (χ1n) is 5.69. The Morgan fingerprint density at radius 2 is 2.00 bits per heavy atom. The van der Waals surface area contributed by atoms with Gasteiger partial charge in [-0.3, -0.25) is 4.72 Å². The SMILES string of the molecule is CCCCS(=O)(=O)Nc1ccccc1C(C)Cl. The minimum atomic E-state index is -3.26. The molecule has 1 rings (SSSR count). The van der Waals surface area contributed by atoms with Crippen molar-refractivity contribution < 1.29 is 8.42 Å². The van der Waals surface area contributed by atoms with E-state index in [2.05, 4.69) is 4.72 Å². The molecule has 1 aromatic rings. The predicted molar refractivity (Wildman–Crippen MR) is 73.0 cm³/mol. The molecule has 1 N–H and O–H groups in total. The van der Waals surface area contributed by atoms with Crippen molar-refractivity contribution in [3.8, 4) is 0 Å². The lowest BCUT2D eigenvalue weighted by Crippen LogP contribution is -2.17. The number of benzene rings is 1. The molecule has 0 amide bonds. The van der Waals surface area contributed by atoms with Gasteiger partial charge in [0.1, 0.15) is 0 Å². The van der Waals surface area contributed by atoms with Crippen LogP contribution in [0.2, 0.25) is 0 Å². The third kappa shape index (κ3) is 4.56. The van der Waals surface area contributed by atoms with Gasteiger partial charge in [-0.15, -0.1) is 11.6 Å². The minimum absolute atomic E-state index is 0.147. The Labute approximate surface area is 108 Å². The number of halogens is 1. The lowest BCUT2D eigenvalue weighted by atomic mass is 10.1. The summed E-state index contributed by atoms with van der Waals surface area (Å²) in [7, 11) is -3.26. The molecule has 0 aliphatic carbocycles. The largest absolute Gasteiger partial charge is 0.283 e. The molecule has 0 bridgehead atoms. The van der Waals surface area contributed by atoms with Crippen molar-refractivity contribution in [3.63, 3.8) is 0 Å². The first-order valence-corrected chi connectivity index (χ1v) is 7.78. The molecule has 3 nitrogen and oxygen atoms in total. The standard InChI is InChI=1S/C12H18ClNO2S/c1-3-4-9-17(15,16)14-12-8-6-5-7-11(12)10(2)13/h5-8,10,14H,3-4,9H2,1-2H3. The maximum Gasteiger partial charge on any atom is 0.232 e. The lowest BCUT2D eigenvalue weighted by molar-refractivity contribution is 0.598. The molecule has 1 aromatic carbocycles. The number of unbranched alkanes of at least 4 members (excludes halogenated alkanes) is 1. The number of hydrogen-bond acceptors (Lipinski definition) is 2. The van der Waals surface area contributed by atoms with Gasteiger partial charge in [0, 0.05) is 0 Å². The van der Waals surface area contributed by atoms with Gasteiger partial charge in [-0.05, 0) is 25.0 Å². The van der Waals surface area contributed by atoms with Gasteiger partial charge in [-0.2, -0.15) is 0 Å². The fourth-order valence-electron chi connectivity index (χ4n) is 1.49. The molecule has 17 heavy (non-hydrogen) atoms. The molecular weight excluding hydrogens is 258 g/mol. The van der Waals surface area contributed by atoms with E-state index in [1.165, 1.54) is 0 Å². The smallest absolute Gasteiger partial charge is 0.232 e. The number of sulfonamides is 1. The number of para-hydroxylation sites is 1. The second kappa shape index (κ2) is 6.26. The fraction of sp³-hybridized carbons (Fsp3) is 0.500. The molecule has 0 heterocycles. The first-order chi connectivity index (χ1) is 7.96. The van der Waals surface area contributed by atoms with E-state index in [1.54, 1.807) is 12.1 Å². The first kappa shape index (κ1) is 14.3. The van der Waals surface area contributed by atoms with Gasteiger partial charge in [-0.25, -0.2) is 8.42 Å². The van der Waals surface area contributed by atoms with E-state index in [0.29, 0.717) is 12.1 Å². The minimum Gasteiger partial charge on any atom is -0.283 e. The van der Waals surface area contributed by atoms with Crippen LogP contribution >= 0.6 is 11.6 Å². The zero-order valence-electron chi connectivity index (χ0n) is 10.1. The molecule has 5 heteroatoms. The zero-order valence-corrected chi connectivity index (χ0v) is 11.7. The van der Waals surface area contributed by atoms with E-state index in [9.17, 15) is 8.42 Å². The van der Waals surface area contributed by atoms with Crippen LogP contribution in [0.5, 0.6) is 0 Å². The summed E-state index contributed by atoms with van der Waals surface area (Å²) in [5.41, 5.74) is 1.38. The van der Waals surface area contributed by atoms with Gasteiger partial charge in [-0.1, -0.05) is 31.5 Å². The molecular formula is C12H18ClNO2S. The number of rotatable bonds is 6. The molecule has 0 saturated carbocycles. The van der Waals surface area contributed by atoms with Gasteiger partial charge in [0.2, 0.25) is 10.0 Å². The highest BCUT2D eigenvalue weighted by Gasteiger charge is 2.13. The summed E-state index contributed by atoms with van der Waals surface area (Å²) in [5.74, 6) is 0.147. The van der Waals surface area contributed by atoms with Crippen molar-refractivity contribution >= 4 is 27.3 Å². The van der Waals surface area contributed by atoms with Gasteiger partial charge in [0.25, 0.3) is 0 Å². The molecule has 0 aliphatic rings. The van der Waals surface area contributed by atoms with Crippen LogP contribution in [-0.2, 0) is 10.0 Å². The van der Waals surface area contributed by atoms with Crippen LogP contribution < -0.4 is 4.72 Å². The highest BCUT2D eigenvalue weighted by Crippen LogP contribution is 2.27. The van der Waals surface area contributed by atoms with E-state index in [1.807, 2.05) is 26.0 Å². The van der Waals surface area contributed by atoms with Crippen LogP contribution in [0.15, 0.2) is 24.3 Å². The van der Waals surface area contributed by atoms with Gasteiger partial charge < -0.3 is 0 Å². The normalized spacial score (nSPS) is 13.4. The fourth-order valence-corrected chi connectivity index (χ4v) is 2.97.